The summed E-state index contributed by atoms with van der Waals surface area (Å²) in [6.45, 7) is 0. The molecule has 3 rings (SSSR count). The second-order valence-electron chi connectivity index (χ2n) is 4.80. The molecule has 4 heteroatoms. The van der Waals surface area contributed by atoms with Gasteiger partial charge in [-0.05, 0) is 19.2 Å². The number of rotatable bonds is 4. The third-order valence-electron chi connectivity index (χ3n) is 3.63. The highest BCUT2D eigenvalue weighted by atomic mass is 19.1. The predicted octanol–water partition coefficient (Wildman–Crippen LogP) is 3.89. The molecule has 1 unspecified atom stereocenters. The molecule has 0 fully saturated rings. The summed E-state index contributed by atoms with van der Waals surface area (Å²) in [5.41, 5.74) is 2.27. The van der Waals surface area contributed by atoms with E-state index in [-0.39, 0.29) is 11.9 Å². The Hall–Kier alpha value is -2.33. The van der Waals surface area contributed by atoms with Crippen LogP contribution >= 0.6 is 0 Å². The van der Waals surface area contributed by atoms with Crippen molar-refractivity contribution in [2.45, 2.75) is 6.04 Å². The Morgan fingerprint density at radius 1 is 1.14 bits per heavy atom. The SMILES string of the molecule is CNC(c1ccc(OC)cc1F)c1coc2ccccc12. The van der Waals surface area contributed by atoms with Gasteiger partial charge in [0.1, 0.15) is 17.1 Å². The molecule has 21 heavy (non-hydrogen) atoms. The maximum Gasteiger partial charge on any atom is 0.134 e. The number of nitrogens with one attached hydrogen (secondary N) is 1. The highest BCUT2D eigenvalue weighted by molar-refractivity contribution is 5.82. The van der Waals surface area contributed by atoms with Gasteiger partial charge in [-0.3, -0.25) is 0 Å². The van der Waals surface area contributed by atoms with E-state index in [0.717, 1.165) is 16.5 Å². The van der Waals surface area contributed by atoms with Gasteiger partial charge >= 0.3 is 0 Å². The van der Waals surface area contributed by atoms with Crippen LogP contribution in [-0.4, -0.2) is 14.2 Å². The first-order valence-electron chi connectivity index (χ1n) is 6.71. The number of methoxy groups -OCH3 is 1. The average molecular weight is 285 g/mol. The van der Waals surface area contributed by atoms with Crippen molar-refractivity contribution in [1.29, 1.82) is 0 Å². The van der Waals surface area contributed by atoms with Gasteiger partial charge in [-0.1, -0.05) is 24.3 Å². The van der Waals surface area contributed by atoms with E-state index in [1.165, 1.54) is 13.2 Å². The third-order valence-corrected chi connectivity index (χ3v) is 3.63. The van der Waals surface area contributed by atoms with E-state index in [4.69, 9.17) is 9.15 Å². The predicted molar refractivity (Wildman–Crippen MR) is 80.1 cm³/mol. The molecule has 1 heterocycles. The van der Waals surface area contributed by atoms with Crippen molar-refractivity contribution >= 4 is 11.0 Å². The van der Waals surface area contributed by atoms with E-state index in [1.54, 1.807) is 25.4 Å². The fourth-order valence-corrected chi connectivity index (χ4v) is 2.57. The van der Waals surface area contributed by atoms with Crippen LogP contribution in [0.3, 0.4) is 0 Å². The third kappa shape index (κ3) is 2.38. The Bertz CT molecular complexity index is 766. The van der Waals surface area contributed by atoms with E-state index in [2.05, 4.69) is 5.32 Å². The van der Waals surface area contributed by atoms with E-state index in [1.807, 2.05) is 24.3 Å². The van der Waals surface area contributed by atoms with Crippen LogP contribution in [0.25, 0.3) is 11.0 Å². The van der Waals surface area contributed by atoms with Gasteiger partial charge in [-0.25, -0.2) is 4.39 Å². The van der Waals surface area contributed by atoms with E-state index < -0.39 is 0 Å². The van der Waals surface area contributed by atoms with Crippen LogP contribution in [0.2, 0.25) is 0 Å². The Balaban J connectivity index is 2.10. The van der Waals surface area contributed by atoms with Gasteiger partial charge in [-0.2, -0.15) is 0 Å². The molecule has 0 radical (unpaired) electrons. The highest BCUT2D eigenvalue weighted by Crippen LogP contribution is 2.32. The summed E-state index contributed by atoms with van der Waals surface area (Å²) in [4.78, 5) is 0. The minimum atomic E-state index is -0.306. The molecule has 0 aliphatic carbocycles. The zero-order chi connectivity index (χ0) is 14.8. The number of hydrogen-bond donors (Lipinski definition) is 1. The lowest BCUT2D eigenvalue weighted by atomic mass is 9.97. The molecule has 0 aliphatic heterocycles. The second-order valence-corrected chi connectivity index (χ2v) is 4.80. The molecule has 1 atom stereocenters. The van der Waals surface area contributed by atoms with E-state index >= 15 is 0 Å². The fraction of sp³-hybridized carbons (Fsp3) is 0.176. The Morgan fingerprint density at radius 2 is 1.95 bits per heavy atom. The normalized spacial score (nSPS) is 12.5. The summed E-state index contributed by atoms with van der Waals surface area (Å²) < 4.78 is 24.9. The number of para-hydroxylation sites is 1. The van der Waals surface area contributed by atoms with Crippen molar-refractivity contribution in [3.05, 3.63) is 65.7 Å². The molecule has 0 amide bonds. The van der Waals surface area contributed by atoms with Crippen molar-refractivity contribution in [3.8, 4) is 5.75 Å². The summed E-state index contributed by atoms with van der Waals surface area (Å²) in [5.74, 6) is 0.196. The van der Waals surface area contributed by atoms with Crippen molar-refractivity contribution in [2.75, 3.05) is 14.2 Å². The molecular formula is C17H16FNO2. The van der Waals surface area contributed by atoms with Gasteiger partial charge in [0.15, 0.2) is 0 Å². The number of hydrogen-bond acceptors (Lipinski definition) is 3. The molecule has 108 valence electrons. The first kappa shape index (κ1) is 13.6. The summed E-state index contributed by atoms with van der Waals surface area (Å²) in [5, 5.41) is 4.13. The Morgan fingerprint density at radius 3 is 2.67 bits per heavy atom. The standard InChI is InChI=1S/C17H16FNO2/c1-19-17(13-8-7-11(20-2)9-15(13)18)14-10-21-16-6-4-3-5-12(14)16/h3-10,17,19H,1-2H3. The molecule has 1 N–H and O–H groups in total. The van der Waals surface area contributed by atoms with Crippen LogP contribution in [0.1, 0.15) is 17.2 Å². The molecule has 2 aromatic carbocycles. The molecule has 0 spiro atoms. The fourth-order valence-electron chi connectivity index (χ4n) is 2.57. The van der Waals surface area contributed by atoms with Crippen LogP contribution in [0.5, 0.6) is 5.75 Å². The van der Waals surface area contributed by atoms with Gasteiger partial charge in [-0.15, -0.1) is 0 Å². The zero-order valence-corrected chi connectivity index (χ0v) is 11.9. The minimum absolute atomic E-state index is 0.278. The maximum absolute atomic E-state index is 14.3. The number of ether oxygens (including phenoxy) is 1. The molecule has 0 bridgehead atoms. The van der Waals surface area contributed by atoms with Crippen LogP contribution in [-0.2, 0) is 0 Å². The minimum Gasteiger partial charge on any atom is -0.497 e. The highest BCUT2D eigenvalue weighted by Gasteiger charge is 2.20. The summed E-state index contributed by atoms with van der Waals surface area (Å²) in [6.07, 6.45) is 1.68. The van der Waals surface area contributed by atoms with Crippen LogP contribution in [0.4, 0.5) is 4.39 Å². The smallest absolute Gasteiger partial charge is 0.134 e. The molecule has 0 saturated carbocycles. The lowest BCUT2D eigenvalue weighted by molar-refractivity contribution is 0.410. The maximum atomic E-state index is 14.3. The zero-order valence-electron chi connectivity index (χ0n) is 11.9. The first-order valence-corrected chi connectivity index (χ1v) is 6.71. The largest absolute Gasteiger partial charge is 0.497 e. The van der Waals surface area contributed by atoms with Crippen LogP contribution in [0.15, 0.2) is 53.1 Å². The number of benzene rings is 2. The van der Waals surface area contributed by atoms with Gasteiger partial charge in [0.05, 0.1) is 19.4 Å². The number of fused-ring (bicyclic) bond motifs is 1. The Kier molecular flexibility index (Phi) is 3.62. The molecule has 3 nitrogen and oxygen atoms in total. The van der Waals surface area contributed by atoms with Gasteiger partial charge in [0, 0.05) is 22.6 Å². The quantitative estimate of drug-likeness (QED) is 0.789. The van der Waals surface area contributed by atoms with Crippen molar-refractivity contribution in [1.82, 2.24) is 5.32 Å². The van der Waals surface area contributed by atoms with E-state index in [0.29, 0.717) is 11.3 Å². The molecule has 0 aliphatic rings. The first-order chi connectivity index (χ1) is 10.2. The average Bonchev–Trinajstić information content (AvgIpc) is 2.94. The lowest BCUT2D eigenvalue weighted by Gasteiger charge is -2.17. The van der Waals surface area contributed by atoms with Crippen LogP contribution < -0.4 is 10.1 Å². The van der Waals surface area contributed by atoms with Crippen molar-refractivity contribution in [2.24, 2.45) is 0 Å². The van der Waals surface area contributed by atoms with Gasteiger partial charge in [0.2, 0.25) is 0 Å². The number of furan rings is 1. The molecule has 0 saturated heterocycles. The van der Waals surface area contributed by atoms with E-state index in [9.17, 15) is 4.39 Å². The molecular weight excluding hydrogens is 269 g/mol. The topological polar surface area (TPSA) is 34.4 Å². The van der Waals surface area contributed by atoms with Gasteiger partial charge < -0.3 is 14.5 Å². The summed E-state index contributed by atoms with van der Waals surface area (Å²) in [6, 6.07) is 12.3. The monoisotopic (exact) mass is 285 g/mol. The van der Waals surface area contributed by atoms with Crippen molar-refractivity contribution in [3.63, 3.8) is 0 Å². The lowest BCUT2D eigenvalue weighted by Crippen LogP contribution is -2.18. The number of halogens is 1. The van der Waals surface area contributed by atoms with Gasteiger partial charge in [0.25, 0.3) is 0 Å². The van der Waals surface area contributed by atoms with Crippen molar-refractivity contribution < 1.29 is 13.5 Å². The summed E-state index contributed by atoms with van der Waals surface area (Å²) >= 11 is 0. The second kappa shape index (κ2) is 5.58. The molecule has 3 aromatic rings. The molecule has 1 aromatic heterocycles. The summed E-state index contributed by atoms with van der Waals surface area (Å²) in [7, 11) is 3.32. The van der Waals surface area contributed by atoms with Crippen LogP contribution in [0, 0.1) is 5.82 Å². The Labute approximate surface area is 122 Å².